The van der Waals surface area contributed by atoms with Gasteiger partial charge < -0.3 is 9.94 Å². The molecule has 0 bridgehead atoms. The Morgan fingerprint density at radius 2 is 1.87 bits per heavy atom. The summed E-state index contributed by atoms with van der Waals surface area (Å²) in [6.45, 7) is 2.80. The van der Waals surface area contributed by atoms with E-state index < -0.39 is 15.9 Å². The van der Waals surface area contributed by atoms with Crippen LogP contribution in [0, 0.1) is 12.8 Å². The number of benzene rings is 2. The highest BCUT2D eigenvalue weighted by atomic mass is 32.2. The highest BCUT2D eigenvalue weighted by Gasteiger charge is 2.40. The molecule has 0 saturated carbocycles. The number of fused-ring (bicyclic) bond motifs is 1. The highest BCUT2D eigenvalue weighted by molar-refractivity contribution is 7.94. The molecule has 0 radical (unpaired) electrons. The van der Waals surface area contributed by atoms with Gasteiger partial charge in [-0.05, 0) is 36.1 Å². The molecular weight excluding hydrogens is 414 g/mol. The third-order valence-corrected chi connectivity index (χ3v) is 6.73. The fourth-order valence-electron chi connectivity index (χ4n) is 4.14. The summed E-state index contributed by atoms with van der Waals surface area (Å²) in [5.41, 5.74) is 2.83. The Kier molecular flexibility index (Phi) is 6.24. The Bertz CT molecular complexity index is 1100. The predicted molar refractivity (Wildman–Crippen MR) is 119 cm³/mol. The monoisotopic (exact) mass is 441 g/mol. The standard InChI is InChI=1S/C23H27N3O4S/c1-16-8-6-7-11-18(16)21-13-22(31(2,28)29)30-23-19(14-24-15-25-23)20(26(21)27)12-17-9-4-3-5-10-17/h3-11,13,19-21,24,27H,12,14-15H2,1-2H3. The molecule has 0 saturated heterocycles. The van der Waals surface area contributed by atoms with E-state index in [1.807, 2.05) is 61.5 Å². The molecule has 0 spiro atoms. The molecule has 7 nitrogen and oxygen atoms in total. The van der Waals surface area contributed by atoms with E-state index in [2.05, 4.69) is 10.3 Å². The lowest BCUT2D eigenvalue weighted by Crippen LogP contribution is -2.52. The van der Waals surface area contributed by atoms with E-state index in [0.717, 1.165) is 22.9 Å². The number of hydroxylamine groups is 2. The van der Waals surface area contributed by atoms with Crippen LogP contribution in [0.1, 0.15) is 22.7 Å². The van der Waals surface area contributed by atoms with Crippen LogP contribution in [-0.4, -0.2) is 50.1 Å². The van der Waals surface area contributed by atoms with Crippen molar-refractivity contribution in [1.82, 2.24) is 10.4 Å². The largest absolute Gasteiger partial charge is 0.431 e. The first-order valence-electron chi connectivity index (χ1n) is 10.3. The van der Waals surface area contributed by atoms with Crippen LogP contribution in [0.5, 0.6) is 0 Å². The summed E-state index contributed by atoms with van der Waals surface area (Å²) in [6, 6.07) is 16.5. The van der Waals surface area contributed by atoms with Gasteiger partial charge in [0.05, 0.1) is 24.7 Å². The van der Waals surface area contributed by atoms with Gasteiger partial charge in [-0.15, -0.1) is 0 Å². The number of nitrogens with zero attached hydrogens (tertiary/aromatic N) is 2. The van der Waals surface area contributed by atoms with Crippen molar-refractivity contribution in [1.29, 1.82) is 0 Å². The van der Waals surface area contributed by atoms with E-state index in [-0.39, 0.29) is 17.1 Å². The van der Waals surface area contributed by atoms with Crippen LogP contribution in [0.15, 0.2) is 70.8 Å². The third kappa shape index (κ3) is 4.72. The Hall–Kier alpha value is -2.52. The quantitative estimate of drug-likeness (QED) is 0.758. The third-order valence-electron chi connectivity index (χ3n) is 5.78. The van der Waals surface area contributed by atoms with Gasteiger partial charge in [-0.2, -0.15) is 5.06 Å². The lowest BCUT2D eigenvalue weighted by Gasteiger charge is -2.40. The molecule has 2 aromatic rings. The summed E-state index contributed by atoms with van der Waals surface area (Å²) in [4.78, 5) is 4.40. The molecule has 2 aliphatic rings. The van der Waals surface area contributed by atoms with Crippen molar-refractivity contribution in [2.75, 3.05) is 19.5 Å². The molecular formula is C23H27N3O4S. The van der Waals surface area contributed by atoms with E-state index in [0.29, 0.717) is 25.5 Å². The van der Waals surface area contributed by atoms with Gasteiger partial charge in [0, 0.05) is 12.8 Å². The molecule has 0 aliphatic carbocycles. The molecule has 3 atom stereocenters. The molecule has 31 heavy (non-hydrogen) atoms. The molecule has 2 aromatic carbocycles. The zero-order valence-electron chi connectivity index (χ0n) is 17.6. The molecule has 164 valence electrons. The smallest absolute Gasteiger partial charge is 0.217 e. The van der Waals surface area contributed by atoms with E-state index in [1.165, 1.54) is 11.1 Å². The molecule has 2 aliphatic heterocycles. The summed E-state index contributed by atoms with van der Waals surface area (Å²) >= 11 is 0. The van der Waals surface area contributed by atoms with Crippen molar-refractivity contribution in [3.8, 4) is 0 Å². The number of aryl methyl sites for hydroxylation is 1. The molecule has 2 N–H and O–H groups in total. The van der Waals surface area contributed by atoms with E-state index >= 15 is 0 Å². The Labute approximate surface area is 182 Å². The molecule has 0 fully saturated rings. The second-order valence-electron chi connectivity index (χ2n) is 8.01. The van der Waals surface area contributed by atoms with Crippen molar-refractivity contribution < 1.29 is 18.4 Å². The molecule has 4 rings (SSSR count). The summed E-state index contributed by atoms with van der Waals surface area (Å²) in [5.74, 6) is 0.00886. The summed E-state index contributed by atoms with van der Waals surface area (Å²) in [5, 5.41) is 15.8. The van der Waals surface area contributed by atoms with Gasteiger partial charge in [0.15, 0.2) is 5.90 Å². The number of hydrogen-bond donors (Lipinski definition) is 2. The van der Waals surface area contributed by atoms with Crippen LogP contribution in [0.4, 0.5) is 0 Å². The Morgan fingerprint density at radius 3 is 2.58 bits per heavy atom. The minimum absolute atomic E-state index is 0.191. The number of ether oxygens (including phenoxy) is 1. The average molecular weight is 442 g/mol. The maximum atomic E-state index is 12.5. The number of hydrogen-bond acceptors (Lipinski definition) is 7. The van der Waals surface area contributed by atoms with Gasteiger partial charge in [0.25, 0.3) is 0 Å². The summed E-state index contributed by atoms with van der Waals surface area (Å²) in [6.07, 6.45) is 3.14. The van der Waals surface area contributed by atoms with Gasteiger partial charge >= 0.3 is 0 Å². The van der Waals surface area contributed by atoms with Crippen LogP contribution in [0.3, 0.4) is 0 Å². The molecule has 8 heteroatoms. The Morgan fingerprint density at radius 1 is 1.16 bits per heavy atom. The summed E-state index contributed by atoms with van der Waals surface area (Å²) in [7, 11) is -3.67. The molecule has 0 amide bonds. The van der Waals surface area contributed by atoms with E-state index in [9.17, 15) is 13.6 Å². The second kappa shape index (κ2) is 8.92. The average Bonchev–Trinajstić information content (AvgIpc) is 2.75. The van der Waals surface area contributed by atoms with Crippen LogP contribution in [-0.2, 0) is 21.0 Å². The van der Waals surface area contributed by atoms with Gasteiger partial charge in [0.1, 0.15) is 0 Å². The normalized spacial score (nSPS) is 24.8. The SMILES string of the molecule is Cc1ccccc1C1C=C(S(C)(=O)=O)OC2=NCNCC2C(Cc2ccccc2)N1O. The van der Waals surface area contributed by atoms with Crippen LogP contribution >= 0.6 is 0 Å². The number of rotatable bonds is 4. The van der Waals surface area contributed by atoms with Crippen molar-refractivity contribution in [2.45, 2.75) is 25.4 Å². The zero-order valence-corrected chi connectivity index (χ0v) is 18.4. The first kappa shape index (κ1) is 21.7. The van der Waals surface area contributed by atoms with Crippen molar-refractivity contribution >= 4 is 15.7 Å². The first-order valence-corrected chi connectivity index (χ1v) is 12.1. The topological polar surface area (TPSA) is 91.2 Å². The maximum Gasteiger partial charge on any atom is 0.217 e. The van der Waals surface area contributed by atoms with Crippen molar-refractivity contribution in [3.05, 3.63) is 82.5 Å². The summed E-state index contributed by atoms with van der Waals surface area (Å²) < 4.78 is 30.9. The lowest BCUT2D eigenvalue weighted by molar-refractivity contribution is -0.160. The van der Waals surface area contributed by atoms with E-state index in [1.54, 1.807) is 0 Å². The van der Waals surface area contributed by atoms with Gasteiger partial charge in [-0.1, -0.05) is 54.6 Å². The second-order valence-corrected chi connectivity index (χ2v) is 9.96. The van der Waals surface area contributed by atoms with Gasteiger partial charge in [-0.25, -0.2) is 13.4 Å². The van der Waals surface area contributed by atoms with Crippen LogP contribution < -0.4 is 5.32 Å². The number of aliphatic imine (C=N–C) groups is 1. The Balaban J connectivity index is 1.86. The van der Waals surface area contributed by atoms with Crippen LogP contribution in [0.2, 0.25) is 0 Å². The van der Waals surface area contributed by atoms with Crippen molar-refractivity contribution in [2.24, 2.45) is 10.9 Å². The fraction of sp³-hybridized carbons (Fsp3) is 0.348. The number of sulfone groups is 1. The first-order chi connectivity index (χ1) is 14.8. The molecule has 0 aromatic heterocycles. The number of nitrogens with one attached hydrogen (secondary N) is 1. The highest BCUT2D eigenvalue weighted by Crippen LogP contribution is 2.34. The lowest BCUT2D eigenvalue weighted by atomic mass is 9.89. The predicted octanol–water partition coefficient (Wildman–Crippen LogP) is 2.83. The molecule has 2 heterocycles. The van der Waals surface area contributed by atoms with E-state index in [4.69, 9.17) is 4.74 Å². The van der Waals surface area contributed by atoms with Crippen LogP contribution in [0.25, 0.3) is 0 Å². The molecule has 3 unspecified atom stereocenters. The zero-order chi connectivity index (χ0) is 22.0. The van der Waals surface area contributed by atoms with Gasteiger partial charge in [-0.3, -0.25) is 5.32 Å². The fourth-order valence-corrected chi connectivity index (χ4v) is 4.75. The maximum absolute atomic E-state index is 12.5. The van der Waals surface area contributed by atoms with Crippen molar-refractivity contribution in [3.63, 3.8) is 0 Å². The minimum Gasteiger partial charge on any atom is -0.431 e. The minimum atomic E-state index is -3.67. The van der Waals surface area contributed by atoms with Gasteiger partial charge in [0.2, 0.25) is 14.9 Å².